The number of alkyl halides is 1. The molecule has 2 nitrogen and oxygen atoms in total. The third-order valence-electron chi connectivity index (χ3n) is 2.95. The lowest BCUT2D eigenvalue weighted by atomic mass is 9.94. The second-order valence-electron chi connectivity index (χ2n) is 5.59. The van der Waals surface area contributed by atoms with Gasteiger partial charge in [0.25, 0.3) is 0 Å². The first kappa shape index (κ1) is 15.0. The van der Waals surface area contributed by atoms with Gasteiger partial charge in [-0.2, -0.15) is 0 Å². The first-order valence-electron chi connectivity index (χ1n) is 6.27. The molecular weight excluding hydrogens is 246 g/mol. The molecule has 1 aromatic rings. The summed E-state index contributed by atoms with van der Waals surface area (Å²) in [7, 11) is 0. The smallest absolute Gasteiger partial charge is 0.227 e. The molecule has 1 amide bonds. The predicted octanol–water partition coefficient (Wildman–Crippen LogP) is 3.31. The van der Waals surface area contributed by atoms with Gasteiger partial charge in [-0.15, -0.1) is 11.6 Å². The number of carbonyl (C=O) groups excluding carboxylic acids is 1. The third-order valence-corrected chi connectivity index (χ3v) is 3.62. The molecule has 0 heterocycles. The highest BCUT2D eigenvalue weighted by Crippen LogP contribution is 2.17. The molecule has 0 radical (unpaired) electrons. The predicted molar refractivity (Wildman–Crippen MR) is 77.0 cm³/mol. The zero-order valence-corrected chi connectivity index (χ0v) is 12.3. The van der Waals surface area contributed by atoms with Gasteiger partial charge in [0.15, 0.2) is 0 Å². The van der Waals surface area contributed by atoms with Crippen LogP contribution >= 0.6 is 11.6 Å². The lowest BCUT2D eigenvalue weighted by molar-refractivity contribution is -0.128. The Hall–Kier alpha value is -1.02. The first-order chi connectivity index (χ1) is 8.35. The van der Waals surface area contributed by atoms with Crippen LogP contribution in [0.1, 0.15) is 31.9 Å². The fraction of sp³-hybridized carbons (Fsp3) is 0.533. The molecule has 0 aliphatic heterocycles. The van der Waals surface area contributed by atoms with E-state index in [2.05, 4.69) is 30.4 Å². The van der Waals surface area contributed by atoms with Crippen molar-refractivity contribution in [2.45, 2.75) is 40.2 Å². The van der Waals surface area contributed by atoms with Crippen molar-refractivity contribution in [3.05, 3.63) is 35.4 Å². The van der Waals surface area contributed by atoms with E-state index in [9.17, 15) is 4.79 Å². The lowest BCUT2D eigenvalue weighted by Crippen LogP contribution is -2.43. The molecule has 0 bridgehead atoms. The number of rotatable bonds is 5. The van der Waals surface area contributed by atoms with Gasteiger partial charge in [0, 0.05) is 11.9 Å². The SMILES string of the molecule is Cc1cccc(CC(C)NC(=O)C(C)(C)CCl)c1. The van der Waals surface area contributed by atoms with Gasteiger partial charge in [0.05, 0.1) is 5.41 Å². The van der Waals surface area contributed by atoms with Crippen molar-refractivity contribution in [2.24, 2.45) is 5.41 Å². The topological polar surface area (TPSA) is 29.1 Å². The van der Waals surface area contributed by atoms with Crippen molar-refractivity contribution in [3.63, 3.8) is 0 Å². The minimum Gasteiger partial charge on any atom is -0.353 e. The van der Waals surface area contributed by atoms with E-state index in [1.807, 2.05) is 26.8 Å². The van der Waals surface area contributed by atoms with E-state index in [4.69, 9.17) is 11.6 Å². The maximum absolute atomic E-state index is 12.0. The minimum absolute atomic E-state index is 0.0117. The minimum atomic E-state index is -0.511. The highest BCUT2D eigenvalue weighted by molar-refractivity contribution is 6.19. The summed E-state index contributed by atoms with van der Waals surface area (Å²) in [5, 5.41) is 3.02. The van der Waals surface area contributed by atoms with Crippen LogP contribution in [0.15, 0.2) is 24.3 Å². The van der Waals surface area contributed by atoms with E-state index in [-0.39, 0.29) is 11.9 Å². The van der Waals surface area contributed by atoms with Crippen LogP contribution in [0.25, 0.3) is 0 Å². The Morgan fingerprint density at radius 2 is 2.11 bits per heavy atom. The number of carbonyl (C=O) groups is 1. The van der Waals surface area contributed by atoms with Crippen molar-refractivity contribution in [3.8, 4) is 0 Å². The van der Waals surface area contributed by atoms with Crippen LogP contribution in [0.2, 0.25) is 0 Å². The molecule has 0 aromatic heterocycles. The Kier molecular flexibility index (Phi) is 5.21. The molecule has 0 aliphatic rings. The molecule has 0 spiro atoms. The number of nitrogens with one attached hydrogen (secondary N) is 1. The Morgan fingerprint density at radius 3 is 2.67 bits per heavy atom. The summed E-state index contributed by atoms with van der Waals surface area (Å²) in [5.41, 5.74) is 1.97. The highest BCUT2D eigenvalue weighted by atomic mass is 35.5. The van der Waals surface area contributed by atoms with Crippen molar-refractivity contribution in [1.29, 1.82) is 0 Å². The molecule has 1 unspecified atom stereocenters. The monoisotopic (exact) mass is 267 g/mol. The molecule has 0 fully saturated rings. The van der Waals surface area contributed by atoms with Crippen LogP contribution in [0.5, 0.6) is 0 Å². The molecule has 3 heteroatoms. The standard InChI is InChI=1S/C15H22ClNO/c1-11-6-5-7-13(8-11)9-12(2)17-14(18)15(3,4)10-16/h5-8,12H,9-10H2,1-4H3,(H,17,18). The Bertz CT molecular complexity index is 415. The number of amides is 1. The largest absolute Gasteiger partial charge is 0.353 e. The molecule has 1 atom stereocenters. The number of halogens is 1. The summed E-state index contributed by atoms with van der Waals surface area (Å²) in [6, 6.07) is 8.46. The van der Waals surface area contributed by atoms with Gasteiger partial charge in [-0.3, -0.25) is 4.79 Å². The van der Waals surface area contributed by atoms with Crippen LogP contribution in [0.4, 0.5) is 0 Å². The van der Waals surface area contributed by atoms with Gasteiger partial charge in [-0.25, -0.2) is 0 Å². The number of hydrogen-bond acceptors (Lipinski definition) is 1. The Labute approximate surface area is 115 Å². The molecule has 0 saturated carbocycles. The van der Waals surface area contributed by atoms with Crippen molar-refractivity contribution in [1.82, 2.24) is 5.32 Å². The van der Waals surface area contributed by atoms with Crippen LogP contribution in [0.3, 0.4) is 0 Å². The van der Waals surface area contributed by atoms with Crippen LogP contribution in [0, 0.1) is 12.3 Å². The van der Waals surface area contributed by atoms with E-state index < -0.39 is 5.41 Å². The average Bonchev–Trinajstić information content (AvgIpc) is 2.28. The van der Waals surface area contributed by atoms with Crippen LogP contribution in [-0.2, 0) is 11.2 Å². The zero-order valence-electron chi connectivity index (χ0n) is 11.6. The molecular formula is C15H22ClNO. The molecule has 0 aliphatic carbocycles. The van der Waals surface area contributed by atoms with E-state index in [0.29, 0.717) is 5.88 Å². The number of hydrogen-bond donors (Lipinski definition) is 1. The first-order valence-corrected chi connectivity index (χ1v) is 6.81. The van der Waals surface area contributed by atoms with Gasteiger partial charge in [-0.05, 0) is 39.7 Å². The molecule has 1 rings (SSSR count). The normalized spacial score (nSPS) is 13.2. The van der Waals surface area contributed by atoms with E-state index in [0.717, 1.165) is 6.42 Å². The Morgan fingerprint density at radius 1 is 1.44 bits per heavy atom. The van der Waals surface area contributed by atoms with Gasteiger partial charge >= 0.3 is 0 Å². The van der Waals surface area contributed by atoms with E-state index in [1.54, 1.807) is 0 Å². The quantitative estimate of drug-likeness (QED) is 0.815. The van der Waals surface area contributed by atoms with Gasteiger partial charge < -0.3 is 5.32 Å². The molecule has 100 valence electrons. The van der Waals surface area contributed by atoms with Crippen LogP contribution in [-0.4, -0.2) is 17.8 Å². The average molecular weight is 268 g/mol. The zero-order chi connectivity index (χ0) is 13.8. The summed E-state index contributed by atoms with van der Waals surface area (Å²) in [5.74, 6) is 0.341. The second-order valence-corrected chi connectivity index (χ2v) is 5.85. The lowest BCUT2D eigenvalue weighted by Gasteiger charge is -2.23. The van der Waals surface area contributed by atoms with Crippen molar-refractivity contribution in [2.75, 3.05) is 5.88 Å². The second kappa shape index (κ2) is 6.24. The maximum atomic E-state index is 12.0. The molecule has 1 aromatic carbocycles. The maximum Gasteiger partial charge on any atom is 0.227 e. The summed E-state index contributed by atoms with van der Waals surface area (Å²) < 4.78 is 0. The molecule has 18 heavy (non-hydrogen) atoms. The molecule has 1 N–H and O–H groups in total. The van der Waals surface area contributed by atoms with Gasteiger partial charge in [0.2, 0.25) is 5.91 Å². The highest BCUT2D eigenvalue weighted by Gasteiger charge is 2.27. The summed E-state index contributed by atoms with van der Waals surface area (Å²) in [6.07, 6.45) is 0.839. The molecule has 0 saturated heterocycles. The summed E-state index contributed by atoms with van der Waals surface area (Å²) >= 11 is 5.79. The van der Waals surface area contributed by atoms with E-state index >= 15 is 0 Å². The fourth-order valence-electron chi connectivity index (χ4n) is 1.72. The fourth-order valence-corrected chi connectivity index (χ4v) is 1.84. The number of benzene rings is 1. The van der Waals surface area contributed by atoms with Crippen molar-refractivity contribution >= 4 is 17.5 Å². The van der Waals surface area contributed by atoms with Crippen molar-refractivity contribution < 1.29 is 4.79 Å². The van der Waals surface area contributed by atoms with Crippen LogP contribution < -0.4 is 5.32 Å². The summed E-state index contributed by atoms with van der Waals surface area (Å²) in [4.78, 5) is 12.0. The Balaban J connectivity index is 2.57. The number of aryl methyl sites for hydroxylation is 1. The van der Waals surface area contributed by atoms with Gasteiger partial charge in [-0.1, -0.05) is 29.8 Å². The van der Waals surface area contributed by atoms with Gasteiger partial charge in [0.1, 0.15) is 0 Å². The van der Waals surface area contributed by atoms with E-state index in [1.165, 1.54) is 11.1 Å². The third kappa shape index (κ3) is 4.34. The summed E-state index contributed by atoms with van der Waals surface area (Å²) in [6.45, 7) is 7.80.